The number of carbonyl (C=O) groups is 1. The highest BCUT2D eigenvalue weighted by atomic mass is 32.2. The second-order valence-electron chi connectivity index (χ2n) is 6.14. The number of halogens is 1. The van der Waals surface area contributed by atoms with Crippen LogP contribution < -0.4 is 20.1 Å². The third-order valence-corrected chi connectivity index (χ3v) is 6.10. The maximum Gasteiger partial charge on any atom is 0.233 e. The highest BCUT2D eigenvalue weighted by molar-refractivity contribution is 8.02. The van der Waals surface area contributed by atoms with Gasteiger partial charge in [-0.25, -0.2) is 4.39 Å². The predicted octanol–water partition coefficient (Wildman–Crippen LogP) is 3.95. The number of amides is 1. The molecule has 29 heavy (non-hydrogen) atoms. The van der Waals surface area contributed by atoms with Crippen LogP contribution in [-0.4, -0.2) is 28.1 Å². The molecule has 0 saturated carbocycles. The van der Waals surface area contributed by atoms with Gasteiger partial charge in [-0.1, -0.05) is 41.3 Å². The summed E-state index contributed by atoms with van der Waals surface area (Å²) in [5.74, 6) is 0.905. The molecule has 1 aliphatic rings. The lowest BCUT2D eigenvalue weighted by Crippen LogP contribution is -2.30. The van der Waals surface area contributed by atoms with Gasteiger partial charge in [-0.05, 0) is 36.8 Å². The molecular weight excluding hydrogens is 415 g/mol. The predicted molar refractivity (Wildman–Crippen MR) is 109 cm³/mol. The molecule has 0 unspecified atom stereocenters. The van der Waals surface area contributed by atoms with E-state index in [0.717, 1.165) is 5.56 Å². The molecule has 1 amide bonds. The quantitative estimate of drug-likeness (QED) is 0.547. The average Bonchev–Trinajstić information content (AvgIpc) is 3.36. The summed E-state index contributed by atoms with van der Waals surface area (Å²) in [6.45, 7) is 2.40. The maximum absolute atomic E-state index is 13.7. The highest BCUT2D eigenvalue weighted by Gasteiger charge is 2.18. The minimum Gasteiger partial charge on any atom is -0.454 e. The van der Waals surface area contributed by atoms with Crippen molar-refractivity contribution >= 4 is 39.8 Å². The van der Waals surface area contributed by atoms with Gasteiger partial charge < -0.3 is 20.1 Å². The zero-order chi connectivity index (χ0) is 20.2. The number of benzene rings is 2. The maximum atomic E-state index is 13.7. The van der Waals surface area contributed by atoms with Crippen LogP contribution in [0, 0.1) is 5.82 Å². The van der Waals surface area contributed by atoms with Crippen molar-refractivity contribution in [2.45, 2.75) is 23.1 Å². The lowest BCUT2D eigenvalue weighted by molar-refractivity contribution is -0.120. The number of nitrogens with zero attached hydrogens (tertiary/aromatic N) is 2. The lowest BCUT2D eigenvalue weighted by Gasteiger charge is -2.10. The number of fused-ring (bicyclic) bond motifs is 1. The van der Waals surface area contributed by atoms with E-state index in [1.807, 2.05) is 18.2 Å². The molecule has 1 aromatic heterocycles. The molecule has 1 atom stereocenters. The van der Waals surface area contributed by atoms with E-state index in [1.165, 1.54) is 29.2 Å². The number of nitrogens with one attached hydrogen (secondary N) is 2. The van der Waals surface area contributed by atoms with Crippen molar-refractivity contribution in [2.75, 3.05) is 12.1 Å². The molecule has 150 valence electrons. The topological polar surface area (TPSA) is 85.4 Å². The number of ether oxygens (including phenoxy) is 2. The Morgan fingerprint density at radius 1 is 1.24 bits per heavy atom. The minimum absolute atomic E-state index is 0.119. The molecule has 0 saturated heterocycles. The van der Waals surface area contributed by atoms with Gasteiger partial charge in [0.1, 0.15) is 5.82 Å². The second kappa shape index (κ2) is 8.66. The second-order valence-corrected chi connectivity index (χ2v) is 8.71. The molecule has 0 radical (unpaired) electrons. The molecule has 7 nitrogen and oxygen atoms in total. The molecule has 2 aromatic carbocycles. The first-order valence-corrected chi connectivity index (χ1v) is 10.5. The number of aromatic nitrogens is 2. The van der Waals surface area contributed by atoms with Crippen LogP contribution in [0.1, 0.15) is 12.5 Å². The largest absolute Gasteiger partial charge is 0.454 e. The van der Waals surface area contributed by atoms with E-state index in [9.17, 15) is 9.18 Å². The third kappa shape index (κ3) is 4.77. The zero-order valence-corrected chi connectivity index (χ0v) is 17.0. The van der Waals surface area contributed by atoms with Crippen molar-refractivity contribution in [3.8, 4) is 11.5 Å². The average molecular weight is 433 g/mol. The summed E-state index contributed by atoms with van der Waals surface area (Å²) in [5, 5.41) is 14.0. The summed E-state index contributed by atoms with van der Waals surface area (Å²) >= 11 is 2.56. The highest BCUT2D eigenvalue weighted by Crippen LogP contribution is 2.33. The fourth-order valence-corrected chi connectivity index (χ4v) is 4.51. The monoisotopic (exact) mass is 432 g/mol. The van der Waals surface area contributed by atoms with Crippen LogP contribution >= 0.6 is 23.1 Å². The SMILES string of the molecule is C[C@@H](Sc1nnc(Nc2ccccc2F)s1)C(=O)NCc1ccc2c(c1)OCO2. The molecule has 3 aromatic rings. The van der Waals surface area contributed by atoms with E-state index in [2.05, 4.69) is 20.8 Å². The molecule has 1 aliphatic heterocycles. The van der Waals surface area contributed by atoms with Crippen molar-refractivity contribution in [3.63, 3.8) is 0 Å². The fourth-order valence-electron chi connectivity index (χ4n) is 2.57. The Bertz CT molecular complexity index is 1030. The number of hydrogen-bond acceptors (Lipinski definition) is 8. The van der Waals surface area contributed by atoms with E-state index in [1.54, 1.807) is 25.1 Å². The van der Waals surface area contributed by atoms with Gasteiger partial charge in [0.2, 0.25) is 17.8 Å². The van der Waals surface area contributed by atoms with Crippen molar-refractivity contribution in [3.05, 3.63) is 53.8 Å². The number of rotatable bonds is 7. The summed E-state index contributed by atoms with van der Waals surface area (Å²) < 4.78 is 25.0. The Hall–Kier alpha value is -2.85. The van der Waals surface area contributed by atoms with E-state index in [0.29, 0.717) is 33.2 Å². The normalized spacial score (nSPS) is 13.2. The van der Waals surface area contributed by atoms with Crippen molar-refractivity contribution in [2.24, 2.45) is 0 Å². The van der Waals surface area contributed by atoms with Crippen LogP contribution in [0.3, 0.4) is 0 Å². The number of thioether (sulfide) groups is 1. The van der Waals surface area contributed by atoms with Crippen LogP contribution in [0.4, 0.5) is 15.2 Å². The first-order valence-electron chi connectivity index (χ1n) is 8.76. The zero-order valence-electron chi connectivity index (χ0n) is 15.3. The van der Waals surface area contributed by atoms with Gasteiger partial charge in [-0.15, -0.1) is 10.2 Å². The van der Waals surface area contributed by atoms with E-state index < -0.39 is 0 Å². The van der Waals surface area contributed by atoms with Crippen molar-refractivity contribution < 1.29 is 18.7 Å². The van der Waals surface area contributed by atoms with Crippen molar-refractivity contribution in [1.29, 1.82) is 0 Å². The Morgan fingerprint density at radius 2 is 2.07 bits per heavy atom. The van der Waals surface area contributed by atoms with Crippen LogP contribution in [0.25, 0.3) is 0 Å². The van der Waals surface area contributed by atoms with Gasteiger partial charge in [0.15, 0.2) is 15.8 Å². The van der Waals surface area contributed by atoms with Crippen LogP contribution in [0.15, 0.2) is 46.8 Å². The Balaban J connectivity index is 1.30. The van der Waals surface area contributed by atoms with Gasteiger partial charge in [0.05, 0.1) is 10.9 Å². The lowest BCUT2D eigenvalue weighted by atomic mass is 10.2. The Kier molecular flexibility index (Phi) is 5.81. The van der Waals surface area contributed by atoms with Crippen LogP contribution in [0.5, 0.6) is 11.5 Å². The van der Waals surface area contributed by atoms with Gasteiger partial charge in [0.25, 0.3) is 0 Å². The Labute approximate surface area is 174 Å². The molecule has 0 bridgehead atoms. The summed E-state index contributed by atoms with van der Waals surface area (Å²) in [7, 11) is 0. The van der Waals surface area contributed by atoms with E-state index in [-0.39, 0.29) is 23.8 Å². The van der Waals surface area contributed by atoms with Gasteiger partial charge >= 0.3 is 0 Å². The first-order chi connectivity index (χ1) is 14.1. The molecule has 2 heterocycles. The minimum atomic E-state index is -0.367. The molecular formula is C19H17FN4O3S2. The van der Waals surface area contributed by atoms with Crippen molar-refractivity contribution in [1.82, 2.24) is 15.5 Å². The standard InChI is InChI=1S/C19H17FN4O3S2/c1-11(17(25)21-9-12-6-7-15-16(8-12)27-10-26-15)28-19-24-23-18(29-19)22-14-5-3-2-4-13(14)20/h2-8,11H,9-10H2,1H3,(H,21,25)(H,22,23)/t11-/m1/s1. The van der Waals surface area contributed by atoms with E-state index >= 15 is 0 Å². The molecule has 0 aliphatic carbocycles. The number of carbonyl (C=O) groups excluding carboxylic acids is 1. The molecule has 0 spiro atoms. The van der Waals surface area contributed by atoms with Crippen LogP contribution in [0.2, 0.25) is 0 Å². The Morgan fingerprint density at radius 3 is 2.93 bits per heavy atom. The van der Waals surface area contributed by atoms with E-state index in [4.69, 9.17) is 9.47 Å². The summed E-state index contributed by atoms with van der Waals surface area (Å²) in [5.41, 5.74) is 1.25. The van der Waals surface area contributed by atoms with Crippen LogP contribution in [-0.2, 0) is 11.3 Å². The summed E-state index contributed by atoms with van der Waals surface area (Å²) in [4.78, 5) is 12.4. The third-order valence-electron chi connectivity index (χ3n) is 4.07. The molecule has 2 N–H and O–H groups in total. The number of hydrogen-bond donors (Lipinski definition) is 2. The molecule has 4 rings (SSSR count). The van der Waals surface area contributed by atoms with Gasteiger partial charge in [-0.3, -0.25) is 4.79 Å². The summed E-state index contributed by atoms with van der Waals surface area (Å²) in [6.07, 6.45) is 0. The fraction of sp³-hybridized carbons (Fsp3) is 0.211. The molecule has 0 fully saturated rings. The summed E-state index contributed by atoms with van der Waals surface area (Å²) in [6, 6.07) is 11.9. The first kappa shape index (κ1) is 19.5. The number of anilines is 2. The van der Waals surface area contributed by atoms with Gasteiger partial charge in [0, 0.05) is 6.54 Å². The number of para-hydroxylation sites is 1. The van der Waals surface area contributed by atoms with Gasteiger partial charge in [-0.2, -0.15) is 0 Å². The smallest absolute Gasteiger partial charge is 0.233 e. The molecule has 10 heteroatoms.